The summed E-state index contributed by atoms with van der Waals surface area (Å²) in [6.07, 6.45) is 18.0. The Hall–Kier alpha value is -0.0400. The van der Waals surface area contributed by atoms with E-state index < -0.39 is 0 Å². The summed E-state index contributed by atoms with van der Waals surface area (Å²) in [5.41, 5.74) is 0. The van der Waals surface area contributed by atoms with E-state index >= 15 is 0 Å². The first-order valence-electron chi connectivity index (χ1n) is 8.49. The standard InChI is InChI=1S/C17H36O/c1-3-5-7-9-10-11-12-14-16-17(18)15-13-8-6-4-2/h17-18H,3-16H2,1-2H3/t17-/m0/s1. The van der Waals surface area contributed by atoms with E-state index in [0.29, 0.717) is 0 Å². The molecule has 0 saturated heterocycles. The molecule has 110 valence electrons. The van der Waals surface area contributed by atoms with Crippen LogP contribution in [0.1, 0.15) is 104 Å². The van der Waals surface area contributed by atoms with Crippen molar-refractivity contribution in [3.63, 3.8) is 0 Å². The number of aliphatic hydroxyl groups is 1. The number of hydrogen-bond acceptors (Lipinski definition) is 1. The molecule has 0 aliphatic carbocycles. The fourth-order valence-electron chi connectivity index (χ4n) is 2.46. The van der Waals surface area contributed by atoms with Gasteiger partial charge < -0.3 is 5.11 Å². The Morgan fingerprint density at radius 2 is 0.889 bits per heavy atom. The van der Waals surface area contributed by atoms with Crippen molar-refractivity contribution in [2.45, 2.75) is 110 Å². The van der Waals surface area contributed by atoms with Gasteiger partial charge in [-0.25, -0.2) is 0 Å². The molecule has 0 aromatic heterocycles. The molecule has 0 rings (SSSR count). The maximum atomic E-state index is 9.82. The Balaban J connectivity index is 3.08. The first-order chi connectivity index (χ1) is 8.81. The zero-order valence-electron chi connectivity index (χ0n) is 12.9. The molecule has 0 fully saturated rings. The summed E-state index contributed by atoms with van der Waals surface area (Å²) in [7, 11) is 0. The van der Waals surface area contributed by atoms with Gasteiger partial charge in [0.15, 0.2) is 0 Å². The SMILES string of the molecule is CCCCCCCCCC[C@@H](O)CCCCCC. The quantitative estimate of drug-likeness (QED) is 0.387. The van der Waals surface area contributed by atoms with Crippen molar-refractivity contribution in [3.8, 4) is 0 Å². The van der Waals surface area contributed by atoms with Gasteiger partial charge in [-0.3, -0.25) is 0 Å². The van der Waals surface area contributed by atoms with E-state index in [0.717, 1.165) is 12.8 Å². The lowest BCUT2D eigenvalue weighted by molar-refractivity contribution is 0.147. The highest BCUT2D eigenvalue weighted by Gasteiger charge is 2.03. The number of unbranched alkanes of at least 4 members (excludes halogenated alkanes) is 10. The Morgan fingerprint density at radius 1 is 0.556 bits per heavy atom. The van der Waals surface area contributed by atoms with Gasteiger partial charge in [0.25, 0.3) is 0 Å². The highest BCUT2D eigenvalue weighted by molar-refractivity contribution is 4.57. The van der Waals surface area contributed by atoms with Gasteiger partial charge in [-0.2, -0.15) is 0 Å². The molecular formula is C17H36O. The molecule has 1 nitrogen and oxygen atoms in total. The molecule has 18 heavy (non-hydrogen) atoms. The van der Waals surface area contributed by atoms with Crippen LogP contribution in [0.3, 0.4) is 0 Å². The third kappa shape index (κ3) is 14.0. The van der Waals surface area contributed by atoms with Crippen molar-refractivity contribution in [1.82, 2.24) is 0 Å². The number of rotatable bonds is 14. The van der Waals surface area contributed by atoms with Crippen LogP contribution in [0.5, 0.6) is 0 Å². The largest absolute Gasteiger partial charge is 0.393 e. The van der Waals surface area contributed by atoms with E-state index in [9.17, 15) is 5.11 Å². The second-order valence-corrected chi connectivity index (χ2v) is 5.77. The summed E-state index contributed by atoms with van der Waals surface area (Å²) >= 11 is 0. The maximum Gasteiger partial charge on any atom is 0.0540 e. The molecule has 0 amide bonds. The highest BCUT2D eigenvalue weighted by Crippen LogP contribution is 2.13. The molecule has 0 unspecified atom stereocenters. The lowest BCUT2D eigenvalue weighted by atomic mass is 10.0. The van der Waals surface area contributed by atoms with Crippen LogP contribution in [0.4, 0.5) is 0 Å². The van der Waals surface area contributed by atoms with E-state index in [-0.39, 0.29) is 6.10 Å². The number of hydrogen-bond donors (Lipinski definition) is 1. The average molecular weight is 256 g/mol. The summed E-state index contributed by atoms with van der Waals surface area (Å²) in [6.45, 7) is 4.50. The van der Waals surface area contributed by atoms with Crippen LogP contribution in [0, 0.1) is 0 Å². The smallest absolute Gasteiger partial charge is 0.0540 e. The van der Waals surface area contributed by atoms with Gasteiger partial charge in [-0.05, 0) is 12.8 Å². The monoisotopic (exact) mass is 256 g/mol. The summed E-state index contributed by atoms with van der Waals surface area (Å²) < 4.78 is 0. The van der Waals surface area contributed by atoms with Gasteiger partial charge in [-0.1, -0.05) is 90.9 Å². The second-order valence-electron chi connectivity index (χ2n) is 5.77. The Morgan fingerprint density at radius 3 is 1.33 bits per heavy atom. The molecule has 0 heterocycles. The van der Waals surface area contributed by atoms with Gasteiger partial charge >= 0.3 is 0 Å². The van der Waals surface area contributed by atoms with Crippen LogP contribution < -0.4 is 0 Å². The van der Waals surface area contributed by atoms with Gasteiger partial charge in [0, 0.05) is 0 Å². The van der Waals surface area contributed by atoms with E-state index in [1.807, 2.05) is 0 Å². The van der Waals surface area contributed by atoms with Gasteiger partial charge in [0.05, 0.1) is 6.10 Å². The molecule has 0 aliphatic rings. The van der Waals surface area contributed by atoms with E-state index in [2.05, 4.69) is 13.8 Å². The topological polar surface area (TPSA) is 20.2 Å². The summed E-state index contributed by atoms with van der Waals surface area (Å²) in [4.78, 5) is 0. The predicted molar refractivity (Wildman–Crippen MR) is 82.0 cm³/mol. The second kappa shape index (κ2) is 15.0. The van der Waals surface area contributed by atoms with Crippen LogP contribution in [-0.4, -0.2) is 11.2 Å². The van der Waals surface area contributed by atoms with Gasteiger partial charge in [0.2, 0.25) is 0 Å². The minimum Gasteiger partial charge on any atom is -0.393 e. The fourth-order valence-corrected chi connectivity index (χ4v) is 2.46. The Kier molecular flexibility index (Phi) is 15.0. The van der Waals surface area contributed by atoms with Gasteiger partial charge in [0.1, 0.15) is 0 Å². The van der Waals surface area contributed by atoms with Crippen LogP contribution >= 0.6 is 0 Å². The van der Waals surface area contributed by atoms with Crippen LogP contribution in [0.25, 0.3) is 0 Å². The lowest BCUT2D eigenvalue weighted by Crippen LogP contribution is -2.05. The van der Waals surface area contributed by atoms with Crippen molar-refractivity contribution in [1.29, 1.82) is 0 Å². The maximum absolute atomic E-state index is 9.82. The van der Waals surface area contributed by atoms with Crippen molar-refractivity contribution in [3.05, 3.63) is 0 Å². The third-order valence-electron chi connectivity index (χ3n) is 3.78. The molecule has 0 aliphatic heterocycles. The molecule has 0 bridgehead atoms. The molecule has 0 saturated carbocycles. The number of aliphatic hydroxyl groups excluding tert-OH is 1. The molecule has 1 N–H and O–H groups in total. The highest BCUT2D eigenvalue weighted by atomic mass is 16.3. The predicted octanol–water partition coefficient (Wildman–Crippen LogP) is 5.85. The summed E-state index contributed by atoms with van der Waals surface area (Å²) in [6, 6.07) is 0. The first-order valence-corrected chi connectivity index (χ1v) is 8.49. The van der Waals surface area contributed by atoms with E-state index in [1.165, 1.54) is 77.0 Å². The Labute approximate surface area is 115 Å². The molecular weight excluding hydrogens is 220 g/mol. The summed E-state index contributed by atoms with van der Waals surface area (Å²) in [5.74, 6) is 0. The van der Waals surface area contributed by atoms with Crippen molar-refractivity contribution >= 4 is 0 Å². The normalized spacial score (nSPS) is 12.8. The molecule has 0 spiro atoms. The molecule has 1 heteroatoms. The zero-order valence-corrected chi connectivity index (χ0v) is 12.9. The zero-order chi connectivity index (χ0) is 13.5. The van der Waals surface area contributed by atoms with Crippen LogP contribution in [-0.2, 0) is 0 Å². The molecule has 0 radical (unpaired) electrons. The van der Waals surface area contributed by atoms with E-state index in [4.69, 9.17) is 0 Å². The van der Waals surface area contributed by atoms with Crippen molar-refractivity contribution in [2.75, 3.05) is 0 Å². The molecule has 1 atom stereocenters. The van der Waals surface area contributed by atoms with Gasteiger partial charge in [-0.15, -0.1) is 0 Å². The fraction of sp³-hybridized carbons (Fsp3) is 1.00. The first kappa shape index (κ1) is 18.0. The minimum absolute atomic E-state index is 0.0260. The molecule has 0 aromatic carbocycles. The van der Waals surface area contributed by atoms with Crippen molar-refractivity contribution < 1.29 is 5.11 Å². The summed E-state index contributed by atoms with van der Waals surface area (Å²) in [5, 5.41) is 9.82. The average Bonchev–Trinajstić information content (AvgIpc) is 2.38. The lowest BCUT2D eigenvalue weighted by Gasteiger charge is -2.10. The van der Waals surface area contributed by atoms with Crippen LogP contribution in [0.2, 0.25) is 0 Å². The third-order valence-corrected chi connectivity index (χ3v) is 3.78. The van der Waals surface area contributed by atoms with Crippen molar-refractivity contribution in [2.24, 2.45) is 0 Å². The molecule has 0 aromatic rings. The van der Waals surface area contributed by atoms with E-state index in [1.54, 1.807) is 0 Å². The minimum atomic E-state index is -0.0260. The van der Waals surface area contributed by atoms with Crippen LogP contribution in [0.15, 0.2) is 0 Å². The Bertz CT molecular complexity index is 145.